The van der Waals surface area contributed by atoms with Crippen molar-refractivity contribution in [2.24, 2.45) is 17.8 Å². The van der Waals surface area contributed by atoms with Crippen molar-refractivity contribution in [1.82, 2.24) is 15.1 Å². The fourth-order valence-corrected chi connectivity index (χ4v) is 4.22. The van der Waals surface area contributed by atoms with E-state index in [1.807, 2.05) is 11.8 Å². The SMILES string of the molecule is CCCC(=O)N1CCC(C(=O)NCCN2C[C@@H](C)C[C@H](C)C2)CC1. The minimum absolute atomic E-state index is 0.0786. The molecule has 2 rings (SSSR count). The largest absolute Gasteiger partial charge is 0.355 e. The third-order valence-corrected chi connectivity index (χ3v) is 5.35. The summed E-state index contributed by atoms with van der Waals surface area (Å²) in [7, 11) is 0. The minimum Gasteiger partial charge on any atom is -0.355 e. The Bertz CT molecular complexity index is 409. The number of carbonyl (C=O) groups is 2. The Kier molecular flexibility index (Phi) is 7.53. The van der Waals surface area contributed by atoms with Gasteiger partial charge < -0.3 is 15.1 Å². The monoisotopic (exact) mass is 337 g/mol. The van der Waals surface area contributed by atoms with Crippen LogP contribution < -0.4 is 5.32 Å². The highest BCUT2D eigenvalue weighted by Crippen LogP contribution is 2.21. The van der Waals surface area contributed by atoms with Crippen LogP contribution in [0.25, 0.3) is 0 Å². The molecule has 24 heavy (non-hydrogen) atoms. The molecule has 2 amide bonds. The van der Waals surface area contributed by atoms with Crippen molar-refractivity contribution in [2.75, 3.05) is 39.3 Å². The highest BCUT2D eigenvalue weighted by atomic mass is 16.2. The van der Waals surface area contributed by atoms with E-state index < -0.39 is 0 Å². The summed E-state index contributed by atoms with van der Waals surface area (Å²) in [5.41, 5.74) is 0. The Hall–Kier alpha value is -1.10. The first-order chi connectivity index (χ1) is 11.5. The van der Waals surface area contributed by atoms with Crippen LogP contribution in [0.1, 0.15) is 52.9 Å². The van der Waals surface area contributed by atoms with Gasteiger partial charge in [-0.25, -0.2) is 0 Å². The van der Waals surface area contributed by atoms with Crippen LogP contribution in [0.15, 0.2) is 0 Å². The first-order valence-corrected chi connectivity index (χ1v) is 9.77. The van der Waals surface area contributed by atoms with Crippen LogP contribution in [0.5, 0.6) is 0 Å². The topological polar surface area (TPSA) is 52.7 Å². The van der Waals surface area contributed by atoms with E-state index in [9.17, 15) is 9.59 Å². The standard InChI is InChI=1S/C19H35N3O2/c1-4-5-18(23)22-9-6-17(7-10-22)19(24)20-8-11-21-13-15(2)12-16(3)14-21/h15-17H,4-14H2,1-3H3,(H,20,24)/t15-,16-/m0/s1. The summed E-state index contributed by atoms with van der Waals surface area (Å²) >= 11 is 0. The lowest BCUT2D eigenvalue weighted by Gasteiger charge is -2.35. The summed E-state index contributed by atoms with van der Waals surface area (Å²) in [5, 5.41) is 3.11. The number of carbonyl (C=O) groups excluding carboxylic acids is 2. The zero-order valence-electron chi connectivity index (χ0n) is 15.7. The van der Waals surface area contributed by atoms with E-state index in [4.69, 9.17) is 0 Å². The number of hydrogen-bond acceptors (Lipinski definition) is 3. The highest BCUT2D eigenvalue weighted by molar-refractivity contribution is 5.80. The Labute approximate surface area is 147 Å². The van der Waals surface area contributed by atoms with Crippen LogP contribution in [-0.4, -0.2) is 60.9 Å². The summed E-state index contributed by atoms with van der Waals surface area (Å²) < 4.78 is 0. The van der Waals surface area contributed by atoms with Gasteiger partial charge in [0.25, 0.3) is 0 Å². The van der Waals surface area contributed by atoms with Crippen LogP contribution in [-0.2, 0) is 9.59 Å². The quantitative estimate of drug-likeness (QED) is 0.808. The van der Waals surface area contributed by atoms with Gasteiger partial charge in [0.1, 0.15) is 0 Å². The fraction of sp³-hybridized carbons (Fsp3) is 0.895. The molecule has 0 aromatic heterocycles. The number of rotatable bonds is 6. The summed E-state index contributed by atoms with van der Waals surface area (Å²) in [6.45, 7) is 12.1. The Balaban J connectivity index is 1.64. The predicted molar refractivity (Wildman–Crippen MR) is 96.6 cm³/mol. The van der Waals surface area contributed by atoms with E-state index in [0.717, 1.165) is 70.4 Å². The smallest absolute Gasteiger partial charge is 0.223 e. The molecule has 2 aliphatic rings. The van der Waals surface area contributed by atoms with E-state index in [-0.39, 0.29) is 17.7 Å². The molecule has 0 saturated carbocycles. The van der Waals surface area contributed by atoms with Crippen molar-refractivity contribution in [2.45, 2.75) is 52.9 Å². The lowest BCUT2D eigenvalue weighted by atomic mass is 9.92. The minimum atomic E-state index is 0.0786. The lowest BCUT2D eigenvalue weighted by Crippen LogP contribution is -2.46. The number of nitrogens with zero attached hydrogens (tertiary/aromatic N) is 2. The van der Waals surface area contributed by atoms with E-state index in [1.165, 1.54) is 6.42 Å². The number of hydrogen-bond donors (Lipinski definition) is 1. The molecule has 0 aromatic rings. The Morgan fingerprint density at radius 3 is 2.29 bits per heavy atom. The van der Waals surface area contributed by atoms with Gasteiger partial charge in [-0.1, -0.05) is 20.8 Å². The molecule has 2 fully saturated rings. The van der Waals surface area contributed by atoms with Crippen molar-refractivity contribution < 1.29 is 9.59 Å². The first-order valence-electron chi connectivity index (χ1n) is 9.77. The van der Waals surface area contributed by atoms with Crippen LogP contribution in [0.4, 0.5) is 0 Å². The van der Waals surface area contributed by atoms with Gasteiger partial charge in [0, 0.05) is 51.6 Å². The van der Waals surface area contributed by atoms with Gasteiger partial charge in [0.2, 0.25) is 11.8 Å². The van der Waals surface area contributed by atoms with E-state index in [0.29, 0.717) is 6.42 Å². The maximum Gasteiger partial charge on any atom is 0.223 e. The van der Waals surface area contributed by atoms with Crippen molar-refractivity contribution in [1.29, 1.82) is 0 Å². The number of amides is 2. The molecular weight excluding hydrogens is 302 g/mol. The Morgan fingerprint density at radius 1 is 1.08 bits per heavy atom. The predicted octanol–water partition coefficient (Wildman–Crippen LogP) is 2.12. The number of piperidine rings is 2. The van der Waals surface area contributed by atoms with Gasteiger partial charge >= 0.3 is 0 Å². The van der Waals surface area contributed by atoms with Crippen molar-refractivity contribution >= 4 is 11.8 Å². The number of nitrogens with one attached hydrogen (secondary N) is 1. The zero-order valence-corrected chi connectivity index (χ0v) is 15.7. The van der Waals surface area contributed by atoms with Crippen LogP contribution >= 0.6 is 0 Å². The van der Waals surface area contributed by atoms with Gasteiger partial charge in [-0.3, -0.25) is 9.59 Å². The molecule has 0 radical (unpaired) electrons. The molecule has 5 nitrogen and oxygen atoms in total. The third-order valence-electron chi connectivity index (χ3n) is 5.35. The Morgan fingerprint density at radius 2 is 1.71 bits per heavy atom. The van der Waals surface area contributed by atoms with Gasteiger partial charge in [0.05, 0.1) is 0 Å². The van der Waals surface area contributed by atoms with Gasteiger partial charge in [0.15, 0.2) is 0 Å². The molecule has 2 atom stereocenters. The number of likely N-dealkylation sites (tertiary alicyclic amines) is 2. The van der Waals surface area contributed by atoms with Gasteiger partial charge in [-0.15, -0.1) is 0 Å². The summed E-state index contributed by atoms with van der Waals surface area (Å²) in [5.74, 6) is 2.01. The molecule has 1 N–H and O–H groups in total. The normalized spacial score (nSPS) is 26.4. The third kappa shape index (κ3) is 5.76. The average Bonchev–Trinajstić information content (AvgIpc) is 2.54. The molecule has 0 aromatic carbocycles. The molecule has 0 aliphatic carbocycles. The molecule has 2 saturated heterocycles. The maximum atomic E-state index is 12.3. The van der Waals surface area contributed by atoms with Crippen molar-refractivity contribution in [3.63, 3.8) is 0 Å². The second kappa shape index (κ2) is 9.40. The lowest BCUT2D eigenvalue weighted by molar-refractivity contribution is -0.135. The van der Waals surface area contributed by atoms with Crippen LogP contribution in [0, 0.1) is 17.8 Å². The van der Waals surface area contributed by atoms with Crippen molar-refractivity contribution in [3.05, 3.63) is 0 Å². The molecule has 0 spiro atoms. The molecule has 138 valence electrons. The average molecular weight is 338 g/mol. The second-order valence-corrected chi connectivity index (χ2v) is 7.90. The van der Waals surface area contributed by atoms with Crippen molar-refractivity contribution in [3.8, 4) is 0 Å². The second-order valence-electron chi connectivity index (χ2n) is 7.90. The van der Waals surface area contributed by atoms with Crippen LogP contribution in [0.2, 0.25) is 0 Å². The van der Waals surface area contributed by atoms with E-state index in [1.54, 1.807) is 0 Å². The summed E-state index contributed by atoms with van der Waals surface area (Å²) in [6, 6.07) is 0. The summed E-state index contributed by atoms with van der Waals surface area (Å²) in [6.07, 6.45) is 4.45. The fourth-order valence-electron chi connectivity index (χ4n) is 4.22. The molecule has 2 aliphatic heterocycles. The van der Waals surface area contributed by atoms with Crippen LogP contribution in [0.3, 0.4) is 0 Å². The molecular formula is C19H35N3O2. The molecule has 2 heterocycles. The molecule has 0 bridgehead atoms. The molecule has 0 unspecified atom stereocenters. The zero-order chi connectivity index (χ0) is 17.5. The van der Waals surface area contributed by atoms with Gasteiger partial charge in [-0.2, -0.15) is 0 Å². The van der Waals surface area contributed by atoms with E-state index in [2.05, 4.69) is 24.1 Å². The maximum absolute atomic E-state index is 12.3. The first kappa shape index (κ1) is 19.2. The van der Waals surface area contributed by atoms with E-state index >= 15 is 0 Å². The molecule has 5 heteroatoms. The van der Waals surface area contributed by atoms with Gasteiger partial charge in [-0.05, 0) is 37.5 Å². The summed E-state index contributed by atoms with van der Waals surface area (Å²) in [4.78, 5) is 28.6. The highest BCUT2D eigenvalue weighted by Gasteiger charge is 2.27.